The van der Waals surface area contributed by atoms with E-state index in [4.69, 9.17) is 9.47 Å². The fourth-order valence-corrected chi connectivity index (χ4v) is 3.83. The van der Waals surface area contributed by atoms with Gasteiger partial charge in [0.05, 0.1) is 12.2 Å². The molecule has 0 saturated heterocycles. The Morgan fingerprint density at radius 1 is 1.23 bits per heavy atom. The van der Waals surface area contributed by atoms with Crippen LogP contribution in [0.15, 0.2) is 17.6 Å². The number of anilines is 1. The Kier molecular flexibility index (Phi) is 6.95. The van der Waals surface area contributed by atoms with Crippen molar-refractivity contribution in [3.8, 4) is 0 Å². The summed E-state index contributed by atoms with van der Waals surface area (Å²) in [5, 5.41) is 8.85. The molecule has 31 heavy (non-hydrogen) atoms. The average molecular weight is 446 g/mol. The molecule has 1 amide bonds. The first-order valence-corrected chi connectivity index (χ1v) is 10.6. The summed E-state index contributed by atoms with van der Waals surface area (Å²) in [4.78, 5) is 45.0. The summed E-state index contributed by atoms with van der Waals surface area (Å²) in [5.41, 5.74) is 1.89. The van der Waals surface area contributed by atoms with E-state index in [1.165, 1.54) is 15.9 Å². The summed E-state index contributed by atoms with van der Waals surface area (Å²) in [7, 11) is 0. The van der Waals surface area contributed by atoms with Crippen molar-refractivity contribution in [2.24, 2.45) is 5.92 Å². The predicted octanol–water partition coefficient (Wildman–Crippen LogP) is 2.66. The molecule has 3 rings (SSSR count). The zero-order valence-corrected chi connectivity index (χ0v) is 18.5. The van der Waals surface area contributed by atoms with E-state index < -0.39 is 24.5 Å². The molecule has 164 valence electrons. The van der Waals surface area contributed by atoms with Crippen molar-refractivity contribution in [2.45, 2.75) is 34.1 Å². The second-order valence-corrected chi connectivity index (χ2v) is 8.02. The van der Waals surface area contributed by atoms with Crippen LogP contribution in [0.3, 0.4) is 0 Å². The molecule has 0 atom stereocenters. The minimum atomic E-state index is -0.850. The third kappa shape index (κ3) is 5.23. The molecular formula is C20H23N5O5S. The number of esters is 2. The van der Waals surface area contributed by atoms with Crippen LogP contribution < -0.4 is 5.32 Å². The van der Waals surface area contributed by atoms with Crippen molar-refractivity contribution in [1.29, 1.82) is 0 Å². The Morgan fingerprint density at radius 2 is 2.00 bits per heavy atom. The number of carbonyl (C=O) groups is 3. The molecule has 0 aliphatic rings. The normalized spacial score (nSPS) is 11.0. The lowest BCUT2D eigenvalue weighted by Crippen LogP contribution is -2.22. The molecule has 1 N–H and O–H groups in total. The van der Waals surface area contributed by atoms with Gasteiger partial charge in [-0.05, 0) is 43.2 Å². The summed E-state index contributed by atoms with van der Waals surface area (Å²) in [5.74, 6) is -1.55. The Hall–Kier alpha value is -3.34. The molecule has 0 fully saturated rings. The number of aryl methyl sites for hydroxylation is 1. The first-order chi connectivity index (χ1) is 14.8. The second-order valence-electron chi connectivity index (χ2n) is 7.14. The first kappa shape index (κ1) is 22.3. The number of hydrogen-bond acceptors (Lipinski definition) is 9. The number of nitrogens with one attached hydrogen (secondary N) is 1. The maximum Gasteiger partial charge on any atom is 0.378 e. The molecule has 10 nitrogen and oxygen atoms in total. The van der Waals surface area contributed by atoms with Crippen LogP contribution >= 0.6 is 11.3 Å². The first-order valence-electron chi connectivity index (χ1n) is 9.73. The Morgan fingerprint density at radius 3 is 2.68 bits per heavy atom. The van der Waals surface area contributed by atoms with Crippen molar-refractivity contribution >= 4 is 40.0 Å². The van der Waals surface area contributed by atoms with Gasteiger partial charge in [0.25, 0.3) is 17.5 Å². The van der Waals surface area contributed by atoms with Gasteiger partial charge in [-0.15, -0.1) is 16.4 Å². The number of hydrogen-bond donors (Lipinski definition) is 1. The van der Waals surface area contributed by atoms with Crippen LogP contribution in [0.25, 0.3) is 5.78 Å². The van der Waals surface area contributed by atoms with E-state index in [1.54, 1.807) is 26.1 Å². The molecule has 0 aliphatic carbocycles. The zero-order valence-electron chi connectivity index (χ0n) is 17.7. The van der Waals surface area contributed by atoms with Gasteiger partial charge in [-0.1, -0.05) is 13.8 Å². The molecule has 3 aromatic heterocycles. The average Bonchev–Trinajstić information content (AvgIpc) is 3.31. The number of rotatable bonds is 8. The minimum absolute atomic E-state index is 0.197. The van der Waals surface area contributed by atoms with E-state index in [0.717, 1.165) is 11.3 Å². The number of nitrogens with zero attached hydrogens (tertiary/aromatic N) is 4. The van der Waals surface area contributed by atoms with Gasteiger partial charge >= 0.3 is 11.9 Å². The molecule has 0 saturated carbocycles. The molecule has 0 spiro atoms. The molecule has 3 heterocycles. The number of fused-ring (bicyclic) bond motifs is 1. The van der Waals surface area contributed by atoms with Gasteiger partial charge < -0.3 is 14.8 Å². The largest absolute Gasteiger partial charge is 0.462 e. The minimum Gasteiger partial charge on any atom is -0.462 e. The lowest BCUT2D eigenvalue weighted by molar-refractivity contribution is -0.119. The summed E-state index contributed by atoms with van der Waals surface area (Å²) in [6.45, 7) is 7.25. The van der Waals surface area contributed by atoms with E-state index in [-0.39, 0.29) is 18.2 Å². The fourth-order valence-electron chi connectivity index (χ4n) is 2.85. The van der Waals surface area contributed by atoms with Crippen LogP contribution in [-0.4, -0.2) is 50.6 Å². The highest BCUT2D eigenvalue weighted by molar-refractivity contribution is 7.15. The quantitative estimate of drug-likeness (QED) is 0.525. The number of aromatic nitrogens is 4. The van der Waals surface area contributed by atoms with Gasteiger partial charge in [0.15, 0.2) is 6.61 Å². The molecule has 0 radical (unpaired) electrons. The van der Waals surface area contributed by atoms with Crippen LogP contribution in [0.5, 0.6) is 0 Å². The predicted molar refractivity (Wildman–Crippen MR) is 113 cm³/mol. The molecule has 0 unspecified atom stereocenters. The lowest BCUT2D eigenvalue weighted by Gasteiger charge is -2.10. The van der Waals surface area contributed by atoms with E-state index in [2.05, 4.69) is 20.4 Å². The molecule has 0 aliphatic heterocycles. The Bertz CT molecular complexity index is 1120. The van der Waals surface area contributed by atoms with Gasteiger partial charge in [0.2, 0.25) is 0 Å². The van der Waals surface area contributed by atoms with Crippen LogP contribution in [0.4, 0.5) is 5.00 Å². The highest BCUT2D eigenvalue weighted by Gasteiger charge is 2.23. The van der Waals surface area contributed by atoms with Gasteiger partial charge in [0.1, 0.15) is 5.00 Å². The van der Waals surface area contributed by atoms with Gasteiger partial charge in [-0.3, -0.25) is 4.79 Å². The topological polar surface area (TPSA) is 125 Å². The van der Waals surface area contributed by atoms with Crippen molar-refractivity contribution in [1.82, 2.24) is 19.6 Å². The van der Waals surface area contributed by atoms with Gasteiger partial charge in [-0.2, -0.15) is 4.98 Å². The summed E-state index contributed by atoms with van der Waals surface area (Å²) in [6.07, 6.45) is 2.22. The van der Waals surface area contributed by atoms with E-state index >= 15 is 0 Å². The van der Waals surface area contributed by atoms with Gasteiger partial charge in [0, 0.05) is 11.9 Å². The van der Waals surface area contributed by atoms with Gasteiger partial charge in [-0.25, -0.2) is 19.1 Å². The highest BCUT2D eigenvalue weighted by Crippen LogP contribution is 2.31. The maximum atomic E-state index is 12.4. The van der Waals surface area contributed by atoms with Crippen molar-refractivity contribution in [2.75, 3.05) is 18.5 Å². The van der Waals surface area contributed by atoms with E-state index in [0.29, 0.717) is 22.9 Å². The summed E-state index contributed by atoms with van der Waals surface area (Å²) in [6, 6.07) is 1.72. The lowest BCUT2D eigenvalue weighted by atomic mass is 10.0. The standard InChI is InChI=1S/C20H23N5O5S/c1-5-29-18(27)15-13(8-11(2)3)10-31-17(15)22-14(26)9-30-19(28)16-23-20-21-7-6-12(4)25(20)24-16/h6-7,10-11H,5,8-9H2,1-4H3,(H,22,26). The summed E-state index contributed by atoms with van der Waals surface area (Å²) >= 11 is 1.23. The SMILES string of the molecule is CCOC(=O)c1c(CC(C)C)csc1NC(=O)COC(=O)c1nc2nccc(C)n2n1. The van der Waals surface area contributed by atoms with Crippen molar-refractivity contribution in [3.05, 3.63) is 40.3 Å². The maximum absolute atomic E-state index is 12.4. The Labute approximate surface area is 182 Å². The van der Waals surface area contributed by atoms with Crippen molar-refractivity contribution < 1.29 is 23.9 Å². The highest BCUT2D eigenvalue weighted by atomic mass is 32.1. The molecule has 0 aromatic carbocycles. The Balaban J connectivity index is 1.67. The van der Waals surface area contributed by atoms with Crippen LogP contribution in [0.2, 0.25) is 0 Å². The van der Waals surface area contributed by atoms with E-state index in [1.807, 2.05) is 19.2 Å². The number of carbonyl (C=O) groups excluding carboxylic acids is 3. The number of ether oxygens (including phenoxy) is 2. The van der Waals surface area contributed by atoms with Crippen LogP contribution in [0.1, 0.15) is 53.0 Å². The molecule has 3 aromatic rings. The monoisotopic (exact) mass is 445 g/mol. The molecule has 11 heteroatoms. The van der Waals surface area contributed by atoms with Crippen LogP contribution in [-0.2, 0) is 20.7 Å². The zero-order chi connectivity index (χ0) is 22.5. The fraction of sp³-hybridized carbons (Fsp3) is 0.400. The number of thiophene rings is 1. The molecule has 0 bridgehead atoms. The third-order valence-corrected chi connectivity index (χ3v) is 5.12. The smallest absolute Gasteiger partial charge is 0.378 e. The summed E-state index contributed by atoms with van der Waals surface area (Å²) < 4.78 is 11.6. The molecular weight excluding hydrogens is 422 g/mol. The van der Waals surface area contributed by atoms with E-state index in [9.17, 15) is 14.4 Å². The second kappa shape index (κ2) is 9.65. The third-order valence-electron chi connectivity index (χ3n) is 4.17. The number of amides is 1. The van der Waals surface area contributed by atoms with Crippen molar-refractivity contribution in [3.63, 3.8) is 0 Å². The van der Waals surface area contributed by atoms with Crippen LogP contribution in [0, 0.1) is 12.8 Å².